The summed E-state index contributed by atoms with van der Waals surface area (Å²) < 4.78 is 0. The summed E-state index contributed by atoms with van der Waals surface area (Å²) in [7, 11) is 0. The maximum absolute atomic E-state index is 11.3. The molecular weight excluding hydrogens is 162 g/mol. The van der Waals surface area contributed by atoms with Crippen LogP contribution in [-0.4, -0.2) is 5.78 Å². The van der Waals surface area contributed by atoms with Crippen LogP contribution < -0.4 is 0 Å². The molecule has 0 bridgehead atoms. The van der Waals surface area contributed by atoms with Crippen molar-refractivity contribution in [2.75, 3.05) is 0 Å². The molecule has 1 aliphatic rings. The maximum atomic E-state index is 11.3. The van der Waals surface area contributed by atoms with Crippen molar-refractivity contribution in [2.45, 2.75) is 27.2 Å². The van der Waals surface area contributed by atoms with Crippen LogP contribution in [0, 0.1) is 16.7 Å². The molecule has 0 saturated heterocycles. The van der Waals surface area contributed by atoms with Crippen molar-refractivity contribution in [3.63, 3.8) is 0 Å². The number of allylic oxidation sites excluding steroid dienone is 4. The molecule has 0 saturated carbocycles. The third-order valence-electron chi connectivity index (χ3n) is 2.36. The van der Waals surface area contributed by atoms with E-state index in [1.165, 1.54) is 6.08 Å². The molecule has 1 rings (SSSR count). The predicted molar refractivity (Wildman–Crippen MR) is 50.9 cm³/mol. The normalized spacial score (nSPS) is 24.0. The second-order valence-electron chi connectivity index (χ2n) is 4.04. The minimum Gasteiger partial charge on any atom is -0.295 e. The molecule has 0 amide bonds. The zero-order chi connectivity index (χ0) is 10.1. The van der Waals surface area contributed by atoms with Crippen LogP contribution >= 0.6 is 0 Å². The fourth-order valence-corrected chi connectivity index (χ4v) is 1.81. The number of ketones is 1. The highest BCUT2D eigenvalue weighted by Crippen LogP contribution is 2.38. The number of rotatable bonds is 0. The van der Waals surface area contributed by atoms with Gasteiger partial charge in [-0.25, -0.2) is 0 Å². The number of hydrogen-bond donors (Lipinski definition) is 0. The zero-order valence-corrected chi connectivity index (χ0v) is 8.22. The van der Waals surface area contributed by atoms with E-state index in [1.807, 2.05) is 26.8 Å². The Hall–Kier alpha value is -1.36. The fraction of sp³-hybridized carbons (Fsp3) is 0.455. The fourth-order valence-electron chi connectivity index (χ4n) is 1.81. The molecule has 0 heterocycles. The van der Waals surface area contributed by atoms with E-state index in [1.54, 1.807) is 6.08 Å². The van der Waals surface area contributed by atoms with Gasteiger partial charge in [0.05, 0.1) is 6.07 Å². The number of nitrogens with zero attached hydrogens (tertiary/aromatic N) is 1. The highest BCUT2D eigenvalue weighted by atomic mass is 16.1. The van der Waals surface area contributed by atoms with Gasteiger partial charge in [-0.15, -0.1) is 0 Å². The lowest BCUT2D eigenvalue weighted by atomic mass is 9.73. The Morgan fingerprint density at radius 1 is 1.62 bits per heavy atom. The summed E-state index contributed by atoms with van der Waals surface area (Å²) in [6, 6.07) is 2.02. The van der Waals surface area contributed by atoms with Gasteiger partial charge >= 0.3 is 0 Å². The van der Waals surface area contributed by atoms with Gasteiger partial charge in [-0.2, -0.15) is 5.26 Å². The average Bonchev–Trinajstić information content (AvgIpc) is 1.95. The van der Waals surface area contributed by atoms with Crippen LogP contribution in [0.5, 0.6) is 0 Å². The monoisotopic (exact) mass is 175 g/mol. The van der Waals surface area contributed by atoms with E-state index in [-0.39, 0.29) is 11.2 Å². The molecule has 0 atom stereocenters. The van der Waals surface area contributed by atoms with Gasteiger partial charge in [-0.1, -0.05) is 13.8 Å². The average molecular weight is 175 g/mol. The molecule has 0 aromatic heterocycles. The van der Waals surface area contributed by atoms with E-state index in [0.29, 0.717) is 6.42 Å². The number of carbonyl (C=O) groups excluding carboxylic acids is 1. The lowest BCUT2D eigenvalue weighted by molar-refractivity contribution is -0.116. The molecule has 2 nitrogen and oxygen atoms in total. The van der Waals surface area contributed by atoms with Crippen molar-refractivity contribution in [1.29, 1.82) is 5.26 Å². The van der Waals surface area contributed by atoms with Gasteiger partial charge in [0.25, 0.3) is 0 Å². The van der Waals surface area contributed by atoms with Crippen LogP contribution in [-0.2, 0) is 4.79 Å². The smallest absolute Gasteiger partial charge is 0.156 e. The summed E-state index contributed by atoms with van der Waals surface area (Å²) in [5.41, 5.74) is 1.71. The van der Waals surface area contributed by atoms with Crippen molar-refractivity contribution < 1.29 is 4.79 Å². The summed E-state index contributed by atoms with van der Waals surface area (Å²) in [5, 5.41) is 8.60. The van der Waals surface area contributed by atoms with Crippen molar-refractivity contribution in [3.8, 4) is 6.07 Å². The number of nitriles is 1. The number of carbonyl (C=O) groups is 1. The van der Waals surface area contributed by atoms with E-state index < -0.39 is 0 Å². The molecule has 0 fully saturated rings. The third-order valence-corrected chi connectivity index (χ3v) is 2.36. The molecule has 0 N–H and O–H groups in total. The predicted octanol–water partition coefficient (Wildman–Crippen LogP) is 2.38. The van der Waals surface area contributed by atoms with Crippen LogP contribution in [0.4, 0.5) is 0 Å². The van der Waals surface area contributed by atoms with Crippen LogP contribution in [0.1, 0.15) is 27.2 Å². The first-order valence-corrected chi connectivity index (χ1v) is 4.29. The van der Waals surface area contributed by atoms with Crippen molar-refractivity contribution in [2.24, 2.45) is 5.41 Å². The van der Waals surface area contributed by atoms with Gasteiger partial charge < -0.3 is 0 Å². The Morgan fingerprint density at radius 2 is 2.23 bits per heavy atom. The van der Waals surface area contributed by atoms with Crippen LogP contribution in [0.3, 0.4) is 0 Å². The van der Waals surface area contributed by atoms with Crippen molar-refractivity contribution >= 4 is 5.78 Å². The van der Waals surface area contributed by atoms with Crippen LogP contribution in [0.2, 0.25) is 0 Å². The second kappa shape index (κ2) is 3.18. The highest BCUT2D eigenvalue weighted by molar-refractivity contribution is 5.93. The van der Waals surface area contributed by atoms with E-state index in [2.05, 4.69) is 0 Å². The minimum absolute atomic E-state index is 0.151. The summed E-state index contributed by atoms with van der Waals surface area (Å²) in [4.78, 5) is 11.3. The van der Waals surface area contributed by atoms with Gasteiger partial charge in [0.15, 0.2) is 5.78 Å². The molecule has 0 radical (unpaired) electrons. The van der Waals surface area contributed by atoms with Gasteiger partial charge in [-0.3, -0.25) is 4.79 Å². The first kappa shape index (κ1) is 9.73. The Morgan fingerprint density at radius 3 is 2.69 bits per heavy atom. The molecule has 13 heavy (non-hydrogen) atoms. The Kier molecular flexibility index (Phi) is 2.38. The quantitative estimate of drug-likeness (QED) is 0.530. The van der Waals surface area contributed by atoms with E-state index in [4.69, 9.17) is 5.26 Å². The standard InChI is InChI=1S/C11H13NO/c1-8-6-9(13)7-11(2,3)10(8)4-5-12/h4,6H,7H2,1-3H3. The van der Waals surface area contributed by atoms with E-state index in [0.717, 1.165) is 11.1 Å². The zero-order valence-electron chi connectivity index (χ0n) is 8.22. The second-order valence-corrected chi connectivity index (χ2v) is 4.04. The Labute approximate surface area is 78.6 Å². The summed E-state index contributed by atoms with van der Waals surface area (Å²) in [5.74, 6) is 0.151. The van der Waals surface area contributed by atoms with Crippen molar-refractivity contribution in [3.05, 3.63) is 23.3 Å². The highest BCUT2D eigenvalue weighted by Gasteiger charge is 2.30. The summed E-state index contributed by atoms with van der Waals surface area (Å²) in [6.07, 6.45) is 3.66. The molecule has 1 aliphatic carbocycles. The maximum Gasteiger partial charge on any atom is 0.156 e. The SMILES string of the molecule is CC1=CC(=O)CC(C)(C)C1=CC#N. The molecule has 0 unspecified atom stereocenters. The van der Waals surface area contributed by atoms with E-state index >= 15 is 0 Å². The Balaban J connectivity index is 3.20. The molecule has 0 spiro atoms. The van der Waals surface area contributed by atoms with Crippen LogP contribution in [0.15, 0.2) is 23.3 Å². The summed E-state index contributed by atoms with van der Waals surface area (Å²) >= 11 is 0. The molecule has 0 aromatic carbocycles. The Bertz CT molecular complexity index is 340. The van der Waals surface area contributed by atoms with Gasteiger partial charge in [0.1, 0.15) is 0 Å². The lowest BCUT2D eigenvalue weighted by Crippen LogP contribution is -2.24. The molecule has 68 valence electrons. The van der Waals surface area contributed by atoms with Gasteiger partial charge in [-0.05, 0) is 29.6 Å². The topological polar surface area (TPSA) is 40.9 Å². The molecule has 2 heteroatoms. The molecular formula is C11H13NO. The first-order chi connectivity index (χ1) is 5.97. The molecule has 0 aliphatic heterocycles. The third kappa shape index (κ3) is 1.86. The minimum atomic E-state index is -0.189. The van der Waals surface area contributed by atoms with Gasteiger partial charge in [0, 0.05) is 12.5 Å². The number of hydrogen-bond acceptors (Lipinski definition) is 2. The van der Waals surface area contributed by atoms with Crippen molar-refractivity contribution in [1.82, 2.24) is 0 Å². The van der Waals surface area contributed by atoms with Gasteiger partial charge in [0.2, 0.25) is 0 Å². The summed E-state index contributed by atoms with van der Waals surface area (Å²) in [6.45, 7) is 5.86. The first-order valence-electron chi connectivity index (χ1n) is 4.29. The largest absolute Gasteiger partial charge is 0.295 e. The molecule has 0 aromatic rings. The van der Waals surface area contributed by atoms with E-state index in [9.17, 15) is 4.79 Å². The van der Waals surface area contributed by atoms with Crippen LogP contribution in [0.25, 0.3) is 0 Å². The lowest BCUT2D eigenvalue weighted by Gasteiger charge is -2.30.